The van der Waals surface area contributed by atoms with Gasteiger partial charge in [-0.05, 0) is 37.8 Å². The number of unbranched alkanes of at least 4 members (excludes halogenated alkanes) is 1. The molecule has 3 rings (SSSR count). The van der Waals surface area contributed by atoms with Crippen molar-refractivity contribution < 1.29 is 4.79 Å². The van der Waals surface area contributed by atoms with E-state index in [1.165, 1.54) is 16.7 Å². The lowest BCUT2D eigenvalue weighted by Crippen LogP contribution is -2.33. The number of hydrogen-bond acceptors (Lipinski definition) is 6. The number of pyridine rings is 1. The van der Waals surface area contributed by atoms with Gasteiger partial charge in [-0.15, -0.1) is 0 Å². The first kappa shape index (κ1) is 20.6. The van der Waals surface area contributed by atoms with Crippen LogP contribution < -0.4 is 10.5 Å². The van der Waals surface area contributed by atoms with Gasteiger partial charge >= 0.3 is 0 Å². The lowest BCUT2D eigenvalue weighted by Gasteiger charge is -2.27. The highest BCUT2D eigenvalue weighted by Crippen LogP contribution is 2.35. The topological polar surface area (TPSA) is 69.3 Å². The number of hydrogen-bond donors (Lipinski definition) is 0. The number of rotatable bonds is 5. The third-order valence-electron chi connectivity index (χ3n) is 5.25. The standard InChI is InChI=1S/C20H24N4O2S2/c1-4-5-10-24-17(23-8-6-7-9-23)14(13(2)15(12-21)18(24)25)11-16-19(26)22(3)20(27)28-16/h11H,4-10H2,1-3H3/b16-11-. The minimum atomic E-state index is -0.240. The van der Waals surface area contributed by atoms with Gasteiger partial charge in [-0.25, -0.2) is 0 Å². The van der Waals surface area contributed by atoms with Crippen LogP contribution in [0.3, 0.4) is 0 Å². The zero-order chi connectivity index (χ0) is 20.4. The highest BCUT2D eigenvalue weighted by Gasteiger charge is 2.31. The molecule has 0 aromatic carbocycles. The van der Waals surface area contributed by atoms with E-state index in [2.05, 4.69) is 17.9 Å². The second-order valence-electron chi connectivity index (χ2n) is 7.09. The molecule has 0 atom stereocenters. The molecule has 148 valence electrons. The third kappa shape index (κ3) is 3.61. The van der Waals surface area contributed by atoms with Gasteiger partial charge < -0.3 is 4.90 Å². The van der Waals surface area contributed by atoms with Crippen molar-refractivity contribution in [2.75, 3.05) is 25.0 Å². The second kappa shape index (κ2) is 8.50. The Morgan fingerprint density at radius 3 is 2.50 bits per heavy atom. The van der Waals surface area contributed by atoms with E-state index in [1.54, 1.807) is 18.5 Å². The molecule has 6 nitrogen and oxygen atoms in total. The summed E-state index contributed by atoms with van der Waals surface area (Å²) < 4.78 is 2.25. The maximum atomic E-state index is 13.1. The van der Waals surface area contributed by atoms with E-state index < -0.39 is 0 Å². The Bertz CT molecular complexity index is 952. The summed E-state index contributed by atoms with van der Waals surface area (Å²) in [6.45, 7) is 6.17. The Kier molecular flexibility index (Phi) is 6.26. The van der Waals surface area contributed by atoms with Crippen LogP contribution in [0.15, 0.2) is 9.70 Å². The van der Waals surface area contributed by atoms with Crippen molar-refractivity contribution >= 4 is 46.1 Å². The molecule has 1 aromatic heterocycles. The van der Waals surface area contributed by atoms with Crippen LogP contribution in [0.2, 0.25) is 0 Å². The molecular formula is C20H24N4O2S2. The molecule has 1 aromatic rings. The third-order valence-corrected chi connectivity index (χ3v) is 6.73. The predicted octanol–water partition coefficient (Wildman–Crippen LogP) is 3.26. The van der Waals surface area contributed by atoms with E-state index in [1.807, 2.05) is 6.08 Å². The summed E-state index contributed by atoms with van der Waals surface area (Å²) in [6.07, 6.45) is 5.75. The zero-order valence-corrected chi connectivity index (χ0v) is 18.1. The fourth-order valence-electron chi connectivity index (χ4n) is 3.61. The molecule has 2 saturated heterocycles. The van der Waals surface area contributed by atoms with Crippen molar-refractivity contribution in [1.82, 2.24) is 9.47 Å². The Hall–Kier alpha value is -2.11. The lowest BCUT2D eigenvalue weighted by molar-refractivity contribution is -0.121. The molecule has 2 aliphatic heterocycles. The maximum Gasteiger partial charge on any atom is 0.270 e. The first-order valence-corrected chi connectivity index (χ1v) is 10.8. The first-order valence-electron chi connectivity index (χ1n) is 9.54. The van der Waals surface area contributed by atoms with Gasteiger partial charge in [0.25, 0.3) is 11.5 Å². The number of amides is 1. The molecule has 1 amide bonds. The summed E-state index contributed by atoms with van der Waals surface area (Å²) in [5.74, 6) is 0.681. The number of carbonyl (C=O) groups is 1. The molecule has 2 aliphatic rings. The van der Waals surface area contributed by atoms with Gasteiger partial charge in [0.2, 0.25) is 0 Å². The van der Waals surface area contributed by atoms with Crippen LogP contribution in [0.1, 0.15) is 49.3 Å². The van der Waals surface area contributed by atoms with E-state index in [4.69, 9.17) is 12.2 Å². The quantitative estimate of drug-likeness (QED) is 0.542. The molecule has 0 spiro atoms. The Morgan fingerprint density at radius 2 is 1.96 bits per heavy atom. The second-order valence-corrected chi connectivity index (χ2v) is 8.77. The SMILES string of the molecule is CCCCn1c(N2CCCC2)c(/C=C2\SC(=S)N(C)C2=O)c(C)c(C#N)c1=O. The molecule has 0 bridgehead atoms. The van der Waals surface area contributed by atoms with Crippen molar-refractivity contribution in [1.29, 1.82) is 5.26 Å². The average molecular weight is 417 g/mol. The smallest absolute Gasteiger partial charge is 0.270 e. The van der Waals surface area contributed by atoms with Gasteiger partial charge in [0.1, 0.15) is 21.8 Å². The number of aromatic nitrogens is 1. The molecular weight excluding hydrogens is 392 g/mol. The average Bonchev–Trinajstić information content (AvgIpc) is 3.28. The normalized spacial score (nSPS) is 18.4. The summed E-state index contributed by atoms with van der Waals surface area (Å²) in [4.78, 5) is 29.8. The van der Waals surface area contributed by atoms with Crippen LogP contribution in [0, 0.1) is 18.3 Å². The molecule has 2 fully saturated rings. The number of nitriles is 1. The van der Waals surface area contributed by atoms with Crippen LogP contribution in [0.5, 0.6) is 0 Å². The molecule has 0 aliphatic carbocycles. The number of thioether (sulfide) groups is 1. The summed E-state index contributed by atoms with van der Waals surface area (Å²) in [5.41, 5.74) is 1.32. The van der Waals surface area contributed by atoms with E-state index in [-0.39, 0.29) is 17.0 Å². The number of thiocarbonyl (C=S) groups is 1. The van der Waals surface area contributed by atoms with E-state index >= 15 is 0 Å². The van der Waals surface area contributed by atoms with Gasteiger partial charge in [0.05, 0.1) is 4.91 Å². The highest BCUT2D eigenvalue weighted by atomic mass is 32.2. The van der Waals surface area contributed by atoms with E-state index in [9.17, 15) is 14.9 Å². The number of carbonyl (C=O) groups excluding carboxylic acids is 1. The molecule has 0 saturated carbocycles. The van der Waals surface area contributed by atoms with Crippen LogP contribution in [-0.2, 0) is 11.3 Å². The summed E-state index contributed by atoms with van der Waals surface area (Å²) in [6, 6.07) is 2.08. The van der Waals surface area contributed by atoms with Crippen molar-refractivity contribution in [3.63, 3.8) is 0 Å². The van der Waals surface area contributed by atoms with Gasteiger partial charge in [-0.1, -0.05) is 37.3 Å². The Labute approximate surface area is 174 Å². The largest absolute Gasteiger partial charge is 0.357 e. The van der Waals surface area contributed by atoms with E-state index in [0.29, 0.717) is 21.3 Å². The summed E-state index contributed by atoms with van der Waals surface area (Å²) in [7, 11) is 1.66. The monoisotopic (exact) mass is 416 g/mol. The molecule has 0 N–H and O–H groups in total. The zero-order valence-electron chi connectivity index (χ0n) is 16.4. The van der Waals surface area contributed by atoms with Crippen molar-refractivity contribution in [2.24, 2.45) is 0 Å². The minimum absolute atomic E-state index is 0.147. The molecule has 8 heteroatoms. The van der Waals surface area contributed by atoms with Crippen molar-refractivity contribution in [2.45, 2.75) is 46.1 Å². The molecule has 3 heterocycles. The molecule has 28 heavy (non-hydrogen) atoms. The number of likely N-dealkylation sites (N-methyl/N-ethyl adjacent to an activating group) is 1. The van der Waals surface area contributed by atoms with Crippen LogP contribution >= 0.6 is 24.0 Å². The molecule has 0 radical (unpaired) electrons. The van der Waals surface area contributed by atoms with E-state index in [0.717, 1.165) is 50.2 Å². The van der Waals surface area contributed by atoms with Gasteiger partial charge in [0.15, 0.2) is 0 Å². The van der Waals surface area contributed by atoms with Crippen molar-refractivity contribution in [3.05, 3.63) is 31.9 Å². The predicted molar refractivity (Wildman–Crippen MR) is 117 cm³/mol. The van der Waals surface area contributed by atoms with Crippen molar-refractivity contribution in [3.8, 4) is 6.07 Å². The van der Waals surface area contributed by atoms with Gasteiger partial charge in [-0.3, -0.25) is 19.1 Å². The first-order chi connectivity index (χ1) is 13.4. The van der Waals surface area contributed by atoms with Crippen LogP contribution in [0.25, 0.3) is 6.08 Å². The highest BCUT2D eigenvalue weighted by molar-refractivity contribution is 8.26. The van der Waals surface area contributed by atoms with Gasteiger partial charge in [-0.2, -0.15) is 5.26 Å². The number of anilines is 1. The fourth-order valence-corrected chi connectivity index (χ4v) is 4.78. The van der Waals surface area contributed by atoms with Gasteiger partial charge in [0, 0.05) is 32.2 Å². The minimum Gasteiger partial charge on any atom is -0.357 e. The number of nitrogens with zero attached hydrogens (tertiary/aromatic N) is 4. The Balaban J connectivity index is 2.27. The summed E-state index contributed by atoms with van der Waals surface area (Å²) in [5, 5.41) is 9.63. The Morgan fingerprint density at radius 1 is 1.29 bits per heavy atom. The maximum absolute atomic E-state index is 13.1. The van der Waals surface area contributed by atoms with Crippen LogP contribution in [-0.4, -0.2) is 39.8 Å². The summed E-state index contributed by atoms with van der Waals surface area (Å²) >= 11 is 6.50. The van der Waals surface area contributed by atoms with Crippen LogP contribution in [0.4, 0.5) is 5.82 Å². The lowest BCUT2D eigenvalue weighted by atomic mass is 10.0. The fraction of sp³-hybridized carbons (Fsp3) is 0.500. The molecule has 0 unspecified atom stereocenters.